The van der Waals surface area contributed by atoms with Crippen LogP contribution >= 0.6 is 113 Å². The number of hydrogen-bond acceptors (Lipinski definition) is 7. The Hall–Kier alpha value is -0.360. The molecular formula is C24H10I5O7S-. The second-order valence-corrected chi connectivity index (χ2v) is 14.6. The van der Waals surface area contributed by atoms with E-state index in [1.54, 1.807) is 69.4 Å². The van der Waals surface area contributed by atoms with Crippen molar-refractivity contribution in [3.05, 3.63) is 89.6 Å². The number of halogens is 5. The Morgan fingerprint density at radius 1 is 0.676 bits per heavy atom. The molecule has 0 aliphatic carbocycles. The lowest BCUT2D eigenvalue weighted by molar-refractivity contribution is 0.0690. The Morgan fingerprint density at radius 3 is 1.59 bits per heavy atom. The topological polar surface area (TPSA) is 110 Å². The molecule has 0 radical (unpaired) electrons. The first-order valence-corrected chi connectivity index (χ1v) is 16.7. The molecule has 7 nitrogen and oxygen atoms in total. The van der Waals surface area contributed by atoms with Gasteiger partial charge in [-0.3, -0.25) is 0 Å². The van der Waals surface area contributed by atoms with Crippen molar-refractivity contribution in [3.8, 4) is 11.5 Å². The standard InChI is InChI=1S/C24H11I5O7S/c25-13-7-17(26)21(18(27)8-13)36-24(31)16-6-12-4-2-1-3-11(12)5-15(16)23(30)35-14-9-19(28)22(20(29)10-14)37(32,33)34/h1-10H,(H,32,33,34)/p-1. The fourth-order valence-electron chi connectivity index (χ4n) is 3.35. The first-order chi connectivity index (χ1) is 17.3. The molecule has 0 amide bonds. The number of fused-ring (bicyclic) bond motifs is 1. The first kappa shape index (κ1) is 29.6. The molecule has 0 saturated carbocycles. The average molecular weight is 1080 g/mol. The second kappa shape index (κ2) is 12.0. The first-order valence-electron chi connectivity index (χ1n) is 9.92. The van der Waals surface area contributed by atoms with Crippen LogP contribution in [0.25, 0.3) is 10.8 Å². The number of esters is 2. The Balaban J connectivity index is 1.76. The van der Waals surface area contributed by atoms with Crippen molar-refractivity contribution < 1.29 is 32.0 Å². The van der Waals surface area contributed by atoms with Gasteiger partial charge in [-0.05, 0) is 160 Å². The van der Waals surface area contributed by atoms with Crippen LogP contribution in [0, 0.1) is 17.9 Å². The maximum Gasteiger partial charge on any atom is 0.344 e. The molecule has 0 spiro atoms. The predicted octanol–water partition coefficient (Wildman–Crippen LogP) is 7.21. The number of ether oxygens (including phenoxy) is 2. The van der Waals surface area contributed by atoms with E-state index in [-0.39, 0.29) is 28.9 Å². The van der Waals surface area contributed by atoms with Gasteiger partial charge in [-0.2, -0.15) is 0 Å². The summed E-state index contributed by atoms with van der Waals surface area (Å²) in [6.07, 6.45) is 0. The summed E-state index contributed by atoms with van der Waals surface area (Å²) in [5, 5.41) is 1.44. The molecule has 13 heteroatoms. The Bertz CT molecular complexity index is 1660. The van der Waals surface area contributed by atoms with Crippen LogP contribution in [0.4, 0.5) is 0 Å². The smallest absolute Gasteiger partial charge is 0.344 e. The van der Waals surface area contributed by atoms with Crippen molar-refractivity contribution in [2.45, 2.75) is 4.90 Å². The number of carbonyl (C=O) groups is 2. The van der Waals surface area contributed by atoms with Gasteiger partial charge in [0.25, 0.3) is 0 Å². The quantitative estimate of drug-likeness (QED) is 0.0901. The monoisotopic (exact) mass is 1080 g/mol. The van der Waals surface area contributed by atoms with Gasteiger partial charge in [0.15, 0.2) is 5.75 Å². The molecule has 0 aliphatic rings. The van der Waals surface area contributed by atoms with Gasteiger partial charge in [0, 0.05) is 10.7 Å². The molecule has 0 heterocycles. The van der Waals surface area contributed by atoms with Crippen LogP contribution in [0.2, 0.25) is 0 Å². The van der Waals surface area contributed by atoms with E-state index in [1.807, 2.05) is 24.3 Å². The summed E-state index contributed by atoms with van der Waals surface area (Å²) in [6.45, 7) is 0. The number of carbonyl (C=O) groups excluding carboxylic acids is 2. The Morgan fingerprint density at radius 2 is 1.14 bits per heavy atom. The maximum atomic E-state index is 13.3. The van der Waals surface area contributed by atoms with Gasteiger partial charge in [-0.15, -0.1) is 0 Å². The lowest BCUT2D eigenvalue weighted by Crippen LogP contribution is -2.18. The highest BCUT2D eigenvalue weighted by molar-refractivity contribution is 14.1. The fourth-order valence-corrected chi connectivity index (χ4v) is 11.1. The second-order valence-electron chi connectivity index (χ2n) is 7.39. The molecule has 0 N–H and O–H groups in total. The van der Waals surface area contributed by atoms with Crippen LogP contribution in [-0.4, -0.2) is 24.9 Å². The summed E-state index contributed by atoms with van der Waals surface area (Å²) in [6, 6.07) is 16.6. The summed E-state index contributed by atoms with van der Waals surface area (Å²) < 4.78 is 48.6. The maximum absolute atomic E-state index is 13.3. The SMILES string of the molecule is O=C(Oc1cc(I)c(S(=O)(=O)[O-])c(I)c1)c1cc2ccccc2cc1C(=O)Oc1c(I)cc(I)cc1I. The Labute approximate surface area is 279 Å². The van der Waals surface area contributed by atoms with Crippen LogP contribution in [0.15, 0.2) is 65.6 Å². The zero-order chi connectivity index (χ0) is 27.1. The van der Waals surface area contributed by atoms with E-state index in [0.29, 0.717) is 11.1 Å². The molecule has 0 atom stereocenters. The summed E-state index contributed by atoms with van der Waals surface area (Å²) in [5.41, 5.74) is -0.0123. The number of hydrogen-bond donors (Lipinski definition) is 0. The lowest BCUT2D eigenvalue weighted by atomic mass is 10.0. The molecule has 0 saturated heterocycles. The molecule has 0 aliphatic heterocycles. The van der Waals surface area contributed by atoms with Gasteiger partial charge < -0.3 is 14.0 Å². The Kier molecular flexibility index (Phi) is 9.62. The van der Waals surface area contributed by atoms with E-state index < -0.39 is 22.1 Å². The summed E-state index contributed by atoms with van der Waals surface area (Å²) >= 11 is 9.74. The minimum Gasteiger partial charge on any atom is -0.744 e. The number of benzene rings is 4. The van der Waals surface area contributed by atoms with Gasteiger partial charge in [0.05, 0.1) is 23.2 Å². The van der Waals surface area contributed by atoms with Crippen molar-refractivity contribution in [2.75, 3.05) is 0 Å². The van der Waals surface area contributed by atoms with Crippen molar-refractivity contribution >= 4 is 146 Å². The molecule has 0 aromatic heterocycles. The minimum absolute atomic E-state index is 0.0111. The molecule has 190 valence electrons. The highest BCUT2D eigenvalue weighted by Gasteiger charge is 2.24. The third-order valence-electron chi connectivity index (χ3n) is 4.92. The molecule has 0 fully saturated rings. The summed E-state index contributed by atoms with van der Waals surface area (Å²) in [7, 11) is -4.71. The predicted molar refractivity (Wildman–Crippen MR) is 178 cm³/mol. The molecular weight excluding hydrogens is 1070 g/mol. The van der Waals surface area contributed by atoms with Crippen LogP contribution in [0.3, 0.4) is 0 Å². The molecule has 0 unspecified atom stereocenters. The van der Waals surface area contributed by atoms with E-state index in [1.165, 1.54) is 12.1 Å². The van der Waals surface area contributed by atoms with Crippen molar-refractivity contribution in [1.82, 2.24) is 0 Å². The van der Waals surface area contributed by atoms with Crippen molar-refractivity contribution in [1.29, 1.82) is 0 Å². The van der Waals surface area contributed by atoms with E-state index in [0.717, 1.165) is 16.1 Å². The zero-order valence-electron chi connectivity index (χ0n) is 17.9. The third kappa shape index (κ3) is 6.87. The van der Waals surface area contributed by atoms with Crippen molar-refractivity contribution in [2.24, 2.45) is 0 Å². The zero-order valence-corrected chi connectivity index (χ0v) is 29.5. The van der Waals surface area contributed by atoms with Crippen molar-refractivity contribution in [3.63, 3.8) is 0 Å². The van der Waals surface area contributed by atoms with E-state index >= 15 is 0 Å². The van der Waals surface area contributed by atoms with E-state index in [4.69, 9.17) is 9.47 Å². The molecule has 37 heavy (non-hydrogen) atoms. The number of rotatable bonds is 5. The molecule has 4 rings (SSSR count). The third-order valence-corrected chi connectivity index (χ3v) is 10.5. The van der Waals surface area contributed by atoms with Gasteiger partial charge in [0.1, 0.15) is 15.9 Å². The van der Waals surface area contributed by atoms with Crippen LogP contribution in [0.1, 0.15) is 20.7 Å². The normalized spacial score (nSPS) is 11.4. The molecule has 0 bridgehead atoms. The van der Waals surface area contributed by atoms with Crippen LogP contribution in [-0.2, 0) is 10.1 Å². The lowest BCUT2D eigenvalue weighted by Gasteiger charge is -2.15. The van der Waals surface area contributed by atoms with Gasteiger partial charge in [0.2, 0.25) is 0 Å². The fraction of sp³-hybridized carbons (Fsp3) is 0. The molecule has 4 aromatic carbocycles. The highest BCUT2D eigenvalue weighted by Crippen LogP contribution is 2.32. The van der Waals surface area contributed by atoms with Gasteiger partial charge in [-0.25, -0.2) is 18.0 Å². The largest absolute Gasteiger partial charge is 0.744 e. The van der Waals surface area contributed by atoms with E-state index in [9.17, 15) is 22.6 Å². The summed E-state index contributed by atoms with van der Waals surface area (Å²) in [5.74, 6) is -1.15. The highest BCUT2D eigenvalue weighted by atomic mass is 127. The van der Waals surface area contributed by atoms with E-state index in [2.05, 4.69) is 67.8 Å². The van der Waals surface area contributed by atoms with Gasteiger partial charge in [-0.1, -0.05) is 24.3 Å². The van der Waals surface area contributed by atoms with Gasteiger partial charge >= 0.3 is 11.9 Å². The van der Waals surface area contributed by atoms with Crippen LogP contribution < -0.4 is 9.47 Å². The van der Waals surface area contributed by atoms with Crippen LogP contribution in [0.5, 0.6) is 11.5 Å². The summed E-state index contributed by atoms with van der Waals surface area (Å²) in [4.78, 5) is 26.3. The minimum atomic E-state index is -4.71. The molecule has 4 aromatic rings. The average Bonchev–Trinajstić information content (AvgIpc) is 2.79.